The van der Waals surface area contributed by atoms with Crippen molar-refractivity contribution in [1.29, 1.82) is 0 Å². The number of hydrogen-bond acceptors (Lipinski definition) is 4. The largest absolute Gasteiger partial charge is 0.338 e. The van der Waals surface area contributed by atoms with Gasteiger partial charge in [-0.25, -0.2) is 12.8 Å². The molecule has 8 heteroatoms. The van der Waals surface area contributed by atoms with Crippen LogP contribution in [-0.2, 0) is 21.1 Å². The molecule has 6 nitrogen and oxygen atoms in total. The van der Waals surface area contributed by atoms with Gasteiger partial charge < -0.3 is 10.2 Å². The minimum Gasteiger partial charge on any atom is -0.338 e. The summed E-state index contributed by atoms with van der Waals surface area (Å²) in [7, 11) is -1.81. The number of nitrogens with one attached hydrogen (secondary N) is 1. The van der Waals surface area contributed by atoms with Crippen LogP contribution in [0.4, 0.5) is 10.1 Å². The van der Waals surface area contributed by atoms with E-state index in [1.807, 2.05) is 0 Å². The summed E-state index contributed by atoms with van der Waals surface area (Å²) >= 11 is 0. The second-order valence-electron chi connectivity index (χ2n) is 5.89. The first-order chi connectivity index (χ1) is 10.6. The molecule has 1 aliphatic rings. The zero-order valence-corrected chi connectivity index (χ0v) is 14.0. The summed E-state index contributed by atoms with van der Waals surface area (Å²) in [5, 5.41) is 2.57. The maximum absolute atomic E-state index is 14.2. The Labute approximate surface area is 134 Å². The smallest absolute Gasteiger partial charge is 0.256 e. The Morgan fingerprint density at radius 1 is 1.39 bits per heavy atom. The number of anilines is 1. The number of aryl methyl sites for hydroxylation is 1. The SMILES string of the molecule is C[C@@H](CS(C)(=O)=O)N(C)C(=O)c1cc2c(cc1F)NC(=O)CC2. The van der Waals surface area contributed by atoms with Crippen molar-refractivity contribution in [3.8, 4) is 0 Å². The molecule has 0 aliphatic carbocycles. The van der Waals surface area contributed by atoms with Crippen molar-refractivity contribution in [2.75, 3.05) is 24.4 Å². The van der Waals surface area contributed by atoms with Crippen molar-refractivity contribution in [2.45, 2.75) is 25.8 Å². The second-order valence-corrected chi connectivity index (χ2v) is 8.08. The van der Waals surface area contributed by atoms with E-state index in [1.165, 1.54) is 18.0 Å². The Bertz CT molecular complexity index is 761. The van der Waals surface area contributed by atoms with Crippen molar-refractivity contribution in [3.63, 3.8) is 0 Å². The van der Waals surface area contributed by atoms with E-state index in [2.05, 4.69) is 5.32 Å². The number of halogens is 1. The average molecular weight is 342 g/mol. The van der Waals surface area contributed by atoms with E-state index in [0.717, 1.165) is 12.3 Å². The van der Waals surface area contributed by atoms with E-state index >= 15 is 0 Å². The lowest BCUT2D eigenvalue weighted by atomic mass is 9.99. The lowest BCUT2D eigenvalue weighted by Gasteiger charge is -2.25. The summed E-state index contributed by atoms with van der Waals surface area (Å²) in [6, 6.07) is 1.98. The van der Waals surface area contributed by atoms with Gasteiger partial charge in [0.1, 0.15) is 15.7 Å². The predicted molar refractivity (Wildman–Crippen MR) is 84.6 cm³/mol. The lowest BCUT2D eigenvalue weighted by molar-refractivity contribution is -0.116. The number of benzene rings is 1. The van der Waals surface area contributed by atoms with Gasteiger partial charge in [0.25, 0.3) is 5.91 Å². The summed E-state index contributed by atoms with van der Waals surface area (Å²) in [5.74, 6) is -1.71. The number of hydrogen-bond donors (Lipinski definition) is 1. The number of nitrogens with zero attached hydrogens (tertiary/aromatic N) is 1. The van der Waals surface area contributed by atoms with Crippen LogP contribution in [0, 0.1) is 5.82 Å². The number of fused-ring (bicyclic) bond motifs is 1. The van der Waals surface area contributed by atoms with Crippen LogP contribution in [0.25, 0.3) is 0 Å². The highest BCUT2D eigenvalue weighted by atomic mass is 32.2. The summed E-state index contributed by atoms with van der Waals surface area (Å²) < 4.78 is 36.9. The average Bonchev–Trinajstić information content (AvgIpc) is 2.43. The fourth-order valence-electron chi connectivity index (χ4n) is 2.51. The van der Waals surface area contributed by atoms with Gasteiger partial charge in [0.15, 0.2) is 0 Å². The van der Waals surface area contributed by atoms with Crippen LogP contribution >= 0.6 is 0 Å². The quantitative estimate of drug-likeness (QED) is 0.892. The Hall–Kier alpha value is -1.96. The van der Waals surface area contributed by atoms with Crippen LogP contribution < -0.4 is 5.32 Å². The molecule has 1 N–H and O–H groups in total. The first kappa shape index (κ1) is 17.4. The number of carbonyl (C=O) groups is 2. The number of rotatable bonds is 4. The normalized spacial score (nSPS) is 15.6. The van der Waals surface area contributed by atoms with Crippen LogP contribution in [0.5, 0.6) is 0 Å². The zero-order chi connectivity index (χ0) is 17.4. The van der Waals surface area contributed by atoms with Crippen molar-refractivity contribution >= 4 is 27.3 Å². The molecule has 1 aliphatic heterocycles. The first-order valence-corrected chi connectivity index (χ1v) is 9.21. The summed E-state index contributed by atoms with van der Waals surface area (Å²) in [6.45, 7) is 1.59. The maximum atomic E-state index is 14.2. The third-order valence-electron chi connectivity index (χ3n) is 3.84. The van der Waals surface area contributed by atoms with Crippen LogP contribution in [0.3, 0.4) is 0 Å². The number of sulfone groups is 1. The number of amides is 2. The van der Waals surface area contributed by atoms with E-state index in [0.29, 0.717) is 17.7 Å². The molecular weight excluding hydrogens is 323 g/mol. The monoisotopic (exact) mass is 342 g/mol. The highest BCUT2D eigenvalue weighted by Crippen LogP contribution is 2.26. The minimum atomic E-state index is -3.25. The van der Waals surface area contributed by atoms with E-state index in [1.54, 1.807) is 6.92 Å². The highest BCUT2D eigenvalue weighted by molar-refractivity contribution is 7.90. The summed E-state index contributed by atoms with van der Waals surface area (Å²) in [5.41, 5.74) is 0.948. The molecule has 0 unspecified atom stereocenters. The maximum Gasteiger partial charge on any atom is 0.256 e. The fourth-order valence-corrected chi connectivity index (χ4v) is 3.61. The van der Waals surface area contributed by atoms with Crippen LogP contribution in [-0.4, -0.2) is 50.2 Å². The molecule has 1 heterocycles. The van der Waals surface area contributed by atoms with Gasteiger partial charge in [-0.3, -0.25) is 9.59 Å². The molecule has 0 fully saturated rings. The van der Waals surface area contributed by atoms with Gasteiger partial charge in [-0.2, -0.15) is 0 Å². The van der Waals surface area contributed by atoms with Gasteiger partial charge in [-0.05, 0) is 31.0 Å². The molecule has 0 spiro atoms. The molecule has 1 aromatic rings. The van der Waals surface area contributed by atoms with Crippen molar-refractivity contribution in [2.24, 2.45) is 0 Å². The Kier molecular flexibility index (Phi) is 4.74. The third-order valence-corrected chi connectivity index (χ3v) is 4.93. The highest BCUT2D eigenvalue weighted by Gasteiger charge is 2.25. The van der Waals surface area contributed by atoms with Gasteiger partial charge in [0.2, 0.25) is 5.91 Å². The Balaban J connectivity index is 2.27. The van der Waals surface area contributed by atoms with Crippen molar-refractivity contribution in [1.82, 2.24) is 4.90 Å². The first-order valence-electron chi connectivity index (χ1n) is 7.15. The molecule has 23 heavy (non-hydrogen) atoms. The van der Waals surface area contributed by atoms with Gasteiger partial charge in [-0.1, -0.05) is 0 Å². The second kappa shape index (κ2) is 6.27. The zero-order valence-electron chi connectivity index (χ0n) is 13.2. The van der Waals surface area contributed by atoms with Gasteiger partial charge in [0, 0.05) is 31.5 Å². The molecule has 2 amide bonds. The summed E-state index contributed by atoms with van der Waals surface area (Å²) in [6.07, 6.45) is 1.81. The molecule has 0 radical (unpaired) electrons. The molecule has 0 aromatic heterocycles. The minimum absolute atomic E-state index is 0.122. The van der Waals surface area contributed by atoms with E-state index in [-0.39, 0.29) is 23.6 Å². The van der Waals surface area contributed by atoms with E-state index < -0.39 is 27.6 Å². The molecule has 0 saturated heterocycles. The molecule has 1 aromatic carbocycles. The Morgan fingerprint density at radius 2 is 2.04 bits per heavy atom. The van der Waals surface area contributed by atoms with Crippen LogP contribution in [0.15, 0.2) is 12.1 Å². The summed E-state index contributed by atoms with van der Waals surface area (Å²) in [4.78, 5) is 25.0. The van der Waals surface area contributed by atoms with E-state index in [9.17, 15) is 22.4 Å². The van der Waals surface area contributed by atoms with Gasteiger partial charge in [-0.15, -0.1) is 0 Å². The predicted octanol–water partition coefficient (Wildman–Crippen LogP) is 1.22. The molecule has 2 rings (SSSR count). The molecule has 1 atom stereocenters. The van der Waals surface area contributed by atoms with Crippen molar-refractivity contribution in [3.05, 3.63) is 29.1 Å². The molecular formula is C15H19FN2O4S. The third kappa shape index (κ3) is 4.07. The Morgan fingerprint density at radius 3 is 2.65 bits per heavy atom. The fraction of sp³-hybridized carbons (Fsp3) is 0.467. The van der Waals surface area contributed by atoms with Crippen molar-refractivity contribution < 1.29 is 22.4 Å². The van der Waals surface area contributed by atoms with Crippen LogP contribution in [0.1, 0.15) is 29.3 Å². The molecule has 0 bridgehead atoms. The molecule has 0 saturated carbocycles. The van der Waals surface area contributed by atoms with Crippen LogP contribution in [0.2, 0.25) is 0 Å². The van der Waals surface area contributed by atoms with Gasteiger partial charge >= 0.3 is 0 Å². The van der Waals surface area contributed by atoms with Gasteiger partial charge in [0.05, 0.1) is 11.3 Å². The number of carbonyl (C=O) groups excluding carboxylic acids is 2. The molecule has 126 valence electrons. The standard InChI is InChI=1S/C15H19FN2O4S/c1-9(8-23(3,21)22)18(2)15(20)11-6-10-4-5-14(19)17-13(10)7-12(11)16/h6-7,9H,4-5,8H2,1-3H3,(H,17,19)/t9-/m0/s1. The topological polar surface area (TPSA) is 83.6 Å². The van der Waals surface area contributed by atoms with E-state index in [4.69, 9.17) is 0 Å². The lowest BCUT2D eigenvalue weighted by Crippen LogP contribution is -2.39.